The number of ether oxygens (including phenoxy) is 2. The van der Waals surface area contributed by atoms with Crippen LogP contribution in [-0.4, -0.2) is 78.2 Å². The van der Waals surface area contributed by atoms with Gasteiger partial charge < -0.3 is 29.0 Å². The van der Waals surface area contributed by atoms with E-state index in [9.17, 15) is 14.0 Å². The fourth-order valence-corrected chi connectivity index (χ4v) is 3.52. The van der Waals surface area contributed by atoms with Gasteiger partial charge in [0, 0.05) is 18.2 Å². The van der Waals surface area contributed by atoms with Crippen molar-refractivity contribution >= 4 is 24.6 Å². The second-order valence-electron chi connectivity index (χ2n) is 10.4. The van der Waals surface area contributed by atoms with Gasteiger partial charge in [-0.1, -0.05) is 0 Å². The second kappa shape index (κ2) is 8.75. The van der Waals surface area contributed by atoms with Crippen molar-refractivity contribution < 1.29 is 32.8 Å². The van der Waals surface area contributed by atoms with Crippen molar-refractivity contribution in [2.24, 2.45) is 0 Å². The molecule has 2 aliphatic heterocycles. The van der Waals surface area contributed by atoms with Gasteiger partial charge in [-0.3, -0.25) is 4.79 Å². The number of halogens is 1. The lowest BCUT2D eigenvalue weighted by molar-refractivity contribution is 0.00578. The number of aromatic nitrogens is 1. The summed E-state index contributed by atoms with van der Waals surface area (Å²) in [5.74, 6) is -0.485. The first kappa shape index (κ1) is 25.2. The number of amides is 2. The first-order valence-corrected chi connectivity index (χ1v) is 11.0. The van der Waals surface area contributed by atoms with Crippen LogP contribution in [0.3, 0.4) is 0 Å². The number of rotatable bonds is 4. The Morgan fingerprint density at radius 1 is 1.21 bits per heavy atom. The summed E-state index contributed by atoms with van der Waals surface area (Å²) in [6.07, 6.45) is -0.536. The summed E-state index contributed by atoms with van der Waals surface area (Å²) in [6.45, 7) is 12.7. The molecule has 3 heterocycles. The van der Waals surface area contributed by atoms with Gasteiger partial charge >= 0.3 is 13.2 Å². The number of hydrogen-bond donors (Lipinski definition) is 1. The van der Waals surface area contributed by atoms with Crippen LogP contribution in [-0.2, 0) is 14.0 Å². The monoisotopic (exact) mass is 465 g/mol. The van der Waals surface area contributed by atoms with Gasteiger partial charge in [0.2, 0.25) is 5.88 Å². The van der Waals surface area contributed by atoms with Crippen molar-refractivity contribution in [2.45, 2.75) is 77.5 Å². The minimum absolute atomic E-state index is 0.00548. The topological polar surface area (TPSA) is 99.2 Å². The van der Waals surface area contributed by atoms with E-state index in [0.717, 1.165) is 0 Å². The zero-order chi connectivity index (χ0) is 24.8. The van der Waals surface area contributed by atoms with Gasteiger partial charge in [-0.25, -0.2) is 14.2 Å². The summed E-state index contributed by atoms with van der Waals surface area (Å²) in [5.41, 5.74) is -1.16. The standard InChI is InChI=1S/C22H33BFN3O6/c1-20(2,3)31-19(29)27-11-15(24)16(12-27)26-17(28)14-9-13(10-25-18(14)30-8)23-32-21(4,5)22(6,7)33-23/h9-10,15-16H,11-12H2,1-8H3,(H,26,28)/t15-,16-/m1/s1. The molecule has 0 radical (unpaired) electrons. The highest BCUT2D eigenvalue weighted by Crippen LogP contribution is 2.36. The molecule has 0 aromatic carbocycles. The molecule has 2 aliphatic rings. The summed E-state index contributed by atoms with van der Waals surface area (Å²) in [5, 5.41) is 2.65. The molecule has 2 fully saturated rings. The number of alkyl halides is 1. The molecule has 0 unspecified atom stereocenters. The highest BCUT2D eigenvalue weighted by atomic mass is 19.1. The quantitative estimate of drug-likeness (QED) is 0.680. The average Bonchev–Trinajstić information content (AvgIpc) is 3.15. The predicted molar refractivity (Wildman–Crippen MR) is 120 cm³/mol. The van der Waals surface area contributed by atoms with Crippen LogP contribution in [0.15, 0.2) is 12.3 Å². The van der Waals surface area contributed by atoms with E-state index in [4.69, 9.17) is 18.8 Å². The summed E-state index contributed by atoms with van der Waals surface area (Å²) in [7, 11) is 0.675. The van der Waals surface area contributed by atoms with Crippen LogP contribution in [0.5, 0.6) is 5.88 Å². The van der Waals surface area contributed by atoms with Crippen molar-refractivity contribution in [1.82, 2.24) is 15.2 Å². The minimum atomic E-state index is -1.44. The summed E-state index contributed by atoms with van der Waals surface area (Å²) >= 11 is 0. The Morgan fingerprint density at radius 3 is 2.36 bits per heavy atom. The van der Waals surface area contributed by atoms with Crippen LogP contribution in [0.1, 0.15) is 58.8 Å². The van der Waals surface area contributed by atoms with Crippen molar-refractivity contribution in [3.05, 3.63) is 17.8 Å². The number of likely N-dealkylation sites (tertiary alicyclic amines) is 1. The zero-order valence-electron chi connectivity index (χ0n) is 20.5. The normalized spacial score (nSPS) is 24.0. The van der Waals surface area contributed by atoms with Gasteiger partial charge in [-0.15, -0.1) is 0 Å². The van der Waals surface area contributed by atoms with Crippen molar-refractivity contribution in [3.63, 3.8) is 0 Å². The first-order valence-electron chi connectivity index (χ1n) is 11.0. The Bertz CT molecular complexity index is 904. The molecule has 182 valence electrons. The molecular formula is C22H33BFN3O6. The van der Waals surface area contributed by atoms with Crippen LogP contribution in [0.25, 0.3) is 0 Å². The third-order valence-corrected chi connectivity index (χ3v) is 6.05. The van der Waals surface area contributed by atoms with Crippen LogP contribution in [0, 0.1) is 0 Å². The molecule has 0 aliphatic carbocycles. The van der Waals surface area contributed by atoms with E-state index in [0.29, 0.717) is 5.46 Å². The molecule has 0 bridgehead atoms. The number of nitrogens with one attached hydrogen (secondary N) is 1. The second-order valence-corrected chi connectivity index (χ2v) is 10.4. The Kier molecular flexibility index (Phi) is 6.69. The number of carbonyl (C=O) groups is 2. The van der Waals surface area contributed by atoms with Gasteiger partial charge in [0.1, 0.15) is 17.3 Å². The molecule has 1 aromatic heterocycles. The highest BCUT2D eigenvalue weighted by molar-refractivity contribution is 6.62. The third-order valence-electron chi connectivity index (χ3n) is 6.05. The summed E-state index contributed by atoms with van der Waals surface area (Å²) in [6, 6.07) is 0.673. The number of nitrogens with zero attached hydrogens (tertiary/aromatic N) is 2. The minimum Gasteiger partial charge on any atom is -0.480 e. The van der Waals surface area contributed by atoms with Gasteiger partial charge in [0.25, 0.3) is 5.91 Å². The van der Waals surface area contributed by atoms with Gasteiger partial charge in [-0.05, 0) is 54.5 Å². The molecule has 0 saturated carbocycles. The van der Waals surface area contributed by atoms with E-state index in [-0.39, 0.29) is 24.5 Å². The maximum atomic E-state index is 14.6. The first-order chi connectivity index (χ1) is 15.1. The Labute approximate surface area is 194 Å². The lowest BCUT2D eigenvalue weighted by Crippen LogP contribution is -2.43. The molecule has 1 N–H and O–H groups in total. The van der Waals surface area contributed by atoms with Crippen LogP contribution < -0.4 is 15.5 Å². The molecule has 9 nitrogen and oxygen atoms in total. The largest absolute Gasteiger partial charge is 0.496 e. The van der Waals surface area contributed by atoms with E-state index in [2.05, 4.69) is 10.3 Å². The maximum Gasteiger partial charge on any atom is 0.496 e. The average molecular weight is 465 g/mol. The van der Waals surface area contributed by atoms with Gasteiger partial charge in [0.15, 0.2) is 0 Å². The molecule has 33 heavy (non-hydrogen) atoms. The van der Waals surface area contributed by atoms with Crippen molar-refractivity contribution in [2.75, 3.05) is 20.2 Å². The Morgan fingerprint density at radius 2 is 1.82 bits per heavy atom. The highest BCUT2D eigenvalue weighted by Gasteiger charge is 2.52. The van der Waals surface area contributed by atoms with E-state index in [1.807, 2.05) is 27.7 Å². The van der Waals surface area contributed by atoms with E-state index in [1.165, 1.54) is 18.2 Å². The third kappa shape index (κ3) is 5.41. The molecule has 0 spiro atoms. The smallest absolute Gasteiger partial charge is 0.480 e. The number of hydrogen-bond acceptors (Lipinski definition) is 7. The molecule has 2 amide bonds. The zero-order valence-corrected chi connectivity index (χ0v) is 20.5. The number of methoxy groups -OCH3 is 1. The molecule has 1 aromatic rings. The number of pyridine rings is 1. The Hall–Kier alpha value is -2.40. The summed E-state index contributed by atoms with van der Waals surface area (Å²) in [4.78, 5) is 30.8. The molecule has 3 rings (SSSR count). The maximum absolute atomic E-state index is 14.6. The molecule has 2 saturated heterocycles. The fourth-order valence-electron chi connectivity index (χ4n) is 3.52. The predicted octanol–water partition coefficient (Wildman–Crippen LogP) is 2.08. The van der Waals surface area contributed by atoms with Gasteiger partial charge in [0.05, 0.1) is 30.9 Å². The number of carbonyl (C=O) groups excluding carboxylic acids is 2. The SMILES string of the molecule is COc1ncc(B2OC(C)(C)C(C)(C)O2)cc1C(=O)N[C@@H]1CN(C(=O)OC(C)(C)C)C[C@H]1F. The van der Waals surface area contributed by atoms with E-state index < -0.39 is 48.1 Å². The lowest BCUT2D eigenvalue weighted by atomic mass is 9.79. The van der Waals surface area contributed by atoms with E-state index in [1.54, 1.807) is 26.8 Å². The van der Waals surface area contributed by atoms with Crippen LogP contribution >= 0.6 is 0 Å². The Balaban J connectivity index is 1.75. The molecule has 2 atom stereocenters. The van der Waals surface area contributed by atoms with Crippen molar-refractivity contribution in [1.29, 1.82) is 0 Å². The van der Waals surface area contributed by atoms with Gasteiger partial charge in [-0.2, -0.15) is 0 Å². The van der Waals surface area contributed by atoms with Crippen LogP contribution in [0.4, 0.5) is 9.18 Å². The van der Waals surface area contributed by atoms with E-state index >= 15 is 0 Å². The molecule has 11 heteroatoms. The van der Waals surface area contributed by atoms with Crippen LogP contribution in [0.2, 0.25) is 0 Å². The lowest BCUT2D eigenvalue weighted by Gasteiger charge is -2.32. The van der Waals surface area contributed by atoms with Crippen molar-refractivity contribution in [3.8, 4) is 5.88 Å². The fraction of sp³-hybridized carbons (Fsp3) is 0.682. The molecular weight excluding hydrogens is 432 g/mol. The summed E-state index contributed by atoms with van der Waals surface area (Å²) < 4.78 is 37.2.